The quantitative estimate of drug-likeness (QED) is 0.382. The summed E-state index contributed by atoms with van der Waals surface area (Å²) in [6, 6.07) is 4.67. The number of rotatable bonds is 4. The van der Waals surface area contributed by atoms with Crippen LogP contribution in [0.1, 0.15) is 33.3 Å². The van der Waals surface area contributed by atoms with Crippen LogP contribution in [0.25, 0.3) is 0 Å². The molecule has 9 nitrogen and oxygen atoms in total. The van der Waals surface area contributed by atoms with E-state index in [-0.39, 0.29) is 11.3 Å². The molecule has 25 heavy (non-hydrogen) atoms. The zero-order valence-electron chi connectivity index (χ0n) is 14.4. The summed E-state index contributed by atoms with van der Waals surface area (Å²) < 4.78 is 5.12. The van der Waals surface area contributed by atoms with Gasteiger partial charge in [-0.2, -0.15) is 0 Å². The molecule has 1 saturated heterocycles. The molecule has 1 atom stereocenters. The van der Waals surface area contributed by atoms with E-state index in [0.29, 0.717) is 0 Å². The molecule has 134 valence electrons. The van der Waals surface area contributed by atoms with Gasteiger partial charge in [0.2, 0.25) is 0 Å². The maximum Gasteiger partial charge on any atom is 0.326 e. The molecule has 3 amide bonds. The minimum atomic E-state index is -1.49. The van der Waals surface area contributed by atoms with Crippen molar-refractivity contribution in [2.24, 2.45) is 0 Å². The number of nitro groups is 1. The second-order valence-corrected chi connectivity index (χ2v) is 6.84. The van der Waals surface area contributed by atoms with Gasteiger partial charge in [0.25, 0.3) is 11.6 Å². The Morgan fingerprint density at radius 1 is 1.36 bits per heavy atom. The number of carbonyl (C=O) groups excluding carboxylic acids is 3. The zero-order chi connectivity index (χ0) is 19.0. The molecule has 0 bridgehead atoms. The topological polar surface area (TPSA) is 119 Å². The highest BCUT2D eigenvalue weighted by molar-refractivity contribution is 6.08. The lowest BCUT2D eigenvalue weighted by Crippen LogP contribution is -2.42. The van der Waals surface area contributed by atoms with Crippen molar-refractivity contribution in [1.29, 1.82) is 0 Å². The van der Waals surface area contributed by atoms with Crippen LogP contribution < -0.4 is 5.32 Å². The summed E-state index contributed by atoms with van der Waals surface area (Å²) in [7, 11) is 0. The molecular formula is C16H19N3O6. The van der Waals surface area contributed by atoms with Gasteiger partial charge >= 0.3 is 12.0 Å². The number of benzene rings is 1. The first kappa shape index (κ1) is 18.4. The number of nitro benzene ring substituents is 1. The van der Waals surface area contributed by atoms with Gasteiger partial charge in [-0.1, -0.05) is 12.1 Å². The van der Waals surface area contributed by atoms with Crippen molar-refractivity contribution < 1.29 is 24.0 Å². The highest BCUT2D eigenvalue weighted by Gasteiger charge is 2.50. The van der Waals surface area contributed by atoms with Crippen molar-refractivity contribution in [2.75, 3.05) is 6.54 Å². The molecule has 9 heteroatoms. The van der Waals surface area contributed by atoms with Gasteiger partial charge in [0.15, 0.2) is 0 Å². The standard InChI is InChI=1S/C16H19N3O6/c1-15(2,3)25-12(20)9-18-13(21)16(4,17-14(18)22)10-6-5-7-11(8-10)19(23)24/h5-8H,9H2,1-4H3,(H,17,22). The van der Waals surface area contributed by atoms with Crippen LogP contribution in [0.5, 0.6) is 0 Å². The van der Waals surface area contributed by atoms with E-state index in [4.69, 9.17) is 4.74 Å². The van der Waals surface area contributed by atoms with Gasteiger partial charge < -0.3 is 10.1 Å². The predicted molar refractivity (Wildman–Crippen MR) is 86.5 cm³/mol. The second kappa shape index (κ2) is 6.15. The number of hydrogen-bond acceptors (Lipinski definition) is 6. The molecule has 1 unspecified atom stereocenters. The van der Waals surface area contributed by atoms with E-state index in [0.717, 1.165) is 4.90 Å². The predicted octanol–water partition coefficient (Wildman–Crippen LogP) is 1.70. The van der Waals surface area contributed by atoms with Crippen molar-refractivity contribution in [2.45, 2.75) is 38.8 Å². The number of nitrogens with zero attached hydrogens (tertiary/aromatic N) is 2. The third-order valence-electron chi connectivity index (χ3n) is 3.62. The van der Waals surface area contributed by atoms with Crippen LogP contribution in [-0.4, -0.2) is 39.9 Å². The van der Waals surface area contributed by atoms with Crippen molar-refractivity contribution in [1.82, 2.24) is 10.2 Å². The summed E-state index contributed by atoms with van der Waals surface area (Å²) in [5.41, 5.74) is -2.19. The van der Waals surface area contributed by atoms with Crippen LogP contribution in [0.4, 0.5) is 10.5 Å². The van der Waals surface area contributed by atoms with E-state index in [2.05, 4.69) is 5.32 Å². The van der Waals surface area contributed by atoms with Crippen molar-refractivity contribution >= 4 is 23.6 Å². The number of ether oxygens (including phenoxy) is 1. The van der Waals surface area contributed by atoms with Gasteiger partial charge in [0, 0.05) is 12.1 Å². The zero-order valence-corrected chi connectivity index (χ0v) is 14.4. The van der Waals surface area contributed by atoms with E-state index < -0.39 is 40.5 Å². The van der Waals surface area contributed by atoms with Crippen LogP contribution in [0.3, 0.4) is 0 Å². The summed E-state index contributed by atoms with van der Waals surface area (Å²) in [4.78, 5) is 47.8. The monoisotopic (exact) mass is 349 g/mol. The Hall–Kier alpha value is -2.97. The van der Waals surface area contributed by atoms with Gasteiger partial charge in [-0.25, -0.2) is 4.79 Å². The van der Waals surface area contributed by atoms with Gasteiger partial charge in [-0.3, -0.25) is 24.6 Å². The summed E-state index contributed by atoms with van der Waals surface area (Å²) in [6.45, 7) is 5.91. The number of imide groups is 1. The first-order valence-corrected chi connectivity index (χ1v) is 7.55. The van der Waals surface area contributed by atoms with Crippen LogP contribution in [0.2, 0.25) is 0 Å². The third-order valence-corrected chi connectivity index (χ3v) is 3.62. The summed E-state index contributed by atoms with van der Waals surface area (Å²) in [5.74, 6) is -1.40. The minimum absolute atomic E-state index is 0.202. The minimum Gasteiger partial charge on any atom is -0.459 e. The lowest BCUT2D eigenvalue weighted by atomic mass is 9.91. The SMILES string of the molecule is CC(C)(C)OC(=O)CN1C(=O)NC(C)(c2cccc([N+](=O)[O-])c2)C1=O. The van der Waals surface area contributed by atoms with Crippen LogP contribution >= 0.6 is 0 Å². The Bertz CT molecular complexity index is 754. The molecule has 1 aliphatic heterocycles. The summed E-state index contributed by atoms with van der Waals surface area (Å²) >= 11 is 0. The fraction of sp³-hybridized carbons (Fsp3) is 0.438. The Labute approximate surface area is 144 Å². The van der Waals surface area contributed by atoms with E-state index in [1.54, 1.807) is 20.8 Å². The van der Waals surface area contributed by atoms with E-state index >= 15 is 0 Å². The van der Waals surface area contributed by atoms with E-state index in [9.17, 15) is 24.5 Å². The summed E-state index contributed by atoms with van der Waals surface area (Å²) in [5, 5.41) is 13.4. The molecule has 0 spiro atoms. The molecule has 1 fully saturated rings. The molecule has 1 N–H and O–H groups in total. The average Bonchev–Trinajstić information content (AvgIpc) is 2.70. The molecule has 1 aromatic carbocycles. The second-order valence-electron chi connectivity index (χ2n) is 6.84. The number of hydrogen-bond donors (Lipinski definition) is 1. The van der Waals surface area contributed by atoms with E-state index in [1.165, 1.54) is 31.2 Å². The van der Waals surface area contributed by atoms with Gasteiger partial charge in [0.05, 0.1) is 4.92 Å². The van der Waals surface area contributed by atoms with Crippen molar-refractivity contribution in [3.8, 4) is 0 Å². The van der Waals surface area contributed by atoms with Crippen molar-refractivity contribution in [3.63, 3.8) is 0 Å². The van der Waals surface area contributed by atoms with Gasteiger partial charge in [0.1, 0.15) is 17.7 Å². The number of esters is 1. The Morgan fingerprint density at radius 3 is 2.56 bits per heavy atom. The Kier molecular flexibility index (Phi) is 4.52. The highest BCUT2D eigenvalue weighted by Crippen LogP contribution is 2.30. The molecule has 1 heterocycles. The number of amides is 3. The number of nitrogens with one attached hydrogen (secondary N) is 1. The van der Waals surface area contributed by atoms with Gasteiger partial charge in [-0.05, 0) is 33.3 Å². The third kappa shape index (κ3) is 3.76. The van der Waals surface area contributed by atoms with Gasteiger partial charge in [-0.15, -0.1) is 0 Å². The highest BCUT2D eigenvalue weighted by atomic mass is 16.6. The van der Waals surface area contributed by atoms with Crippen LogP contribution in [0.15, 0.2) is 24.3 Å². The average molecular weight is 349 g/mol. The summed E-state index contributed by atoms with van der Waals surface area (Å²) in [6.07, 6.45) is 0. The maximum absolute atomic E-state index is 12.7. The molecular weight excluding hydrogens is 330 g/mol. The largest absolute Gasteiger partial charge is 0.459 e. The first-order valence-electron chi connectivity index (χ1n) is 7.55. The molecule has 0 saturated carbocycles. The molecule has 0 aliphatic carbocycles. The lowest BCUT2D eigenvalue weighted by molar-refractivity contribution is -0.385. The van der Waals surface area contributed by atoms with Crippen LogP contribution in [-0.2, 0) is 19.9 Å². The smallest absolute Gasteiger partial charge is 0.326 e. The lowest BCUT2D eigenvalue weighted by Gasteiger charge is -2.23. The Balaban J connectivity index is 2.26. The fourth-order valence-corrected chi connectivity index (χ4v) is 2.47. The normalized spacial score (nSPS) is 20.4. The Morgan fingerprint density at radius 2 is 2.00 bits per heavy atom. The molecule has 1 aliphatic rings. The maximum atomic E-state index is 12.7. The van der Waals surface area contributed by atoms with Crippen molar-refractivity contribution in [3.05, 3.63) is 39.9 Å². The number of urea groups is 1. The molecule has 0 radical (unpaired) electrons. The van der Waals surface area contributed by atoms with Crippen LogP contribution in [0, 0.1) is 10.1 Å². The molecule has 1 aromatic rings. The van der Waals surface area contributed by atoms with E-state index in [1.807, 2.05) is 0 Å². The number of carbonyl (C=O) groups is 3. The molecule has 2 rings (SSSR count). The molecule has 0 aromatic heterocycles. The fourth-order valence-electron chi connectivity index (χ4n) is 2.47. The first-order chi connectivity index (χ1) is 11.4. The number of non-ortho nitro benzene ring substituents is 1.